The second kappa shape index (κ2) is 8.52. The number of carboxylic acid groups (broad SMARTS) is 1. The van der Waals surface area contributed by atoms with Crippen LogP contribution in [0.4, 0.5) is 19.0 Å². The molecule has 0 spiro atoms. The van der Waals surface area contributed by atoms with Crippen LogP contribution in [-0.2, 0) is 4.79 Å². The number of nitrogen functional groups attached to an aromatic ring is 1. The van der Waals surface area contributed by atoms with Crippen LogP contribution in [0.25, 0.3) is 22.7 Å². The van der Waals surface area contributed by atoms with Crippen LogP contribution in [0.1, 0.15) is 13.0 Å². The van der Waals surface area contributed by atoms with Gasteiger partial charge in [0.25, 0.3) is 0 Å². The van der Waals surface area contributed by atoms with E-state index in [0.29, 0.717) is 28.3 Å². The van der Waals surface area contributed by atoms with E-state index in [1.54, 1.807) is 37.0 Å². The number of alkyl halides is 3. The van der Waals surface area contributed by atoms with Gasteiger partial charge in [-0.25, -0.2) is 14.8 Å². The molecule has 0 fully saturated rings. The molecule has 4 N–H and O–H groups in total. The summed E-state index contributed by atoms with van der Waals surface area (Å²) < 4.78 is 37.0. The maximum Gasteiger partial charge on any atom is 0.490 e. The maximum absolute atomic E-state index is 10.6. The Morgan fingerprint density at radius 3 is 2.52 bits per heavy atom. The van der Waals surface area contributed by atoms with Gasteiger partial charge in [0.1, 0.15) is 23.1 Å². The molecule has 0 bridgehead atoms. The number of nitrogens with two attached hydrogens (primary N) is 1. The van der Waals surface area contributed by atoms with E-state index >= 15 is 0 Å². The monoisotopic (exact) mass is 381 g/mol. The summed E-state index contributed by atoms with van der Waals surface area (Å²) >= 11 is 0. The first kappa shape index (κ1) is 21.2. The van der Waals surface area contributed by atoms with Gasteiger partial charge < -0.3 is 20.2 Å². The first-order chi connectivity index (χ1) is 12.2. The van der Waals surface area contributed by atoms with E-state index in [1.165, 1.54) is 0 Å². The highest BCUT2D eigenvalue weighted by atomic mass is 19.4. The van der Waals surface area contributed by atoms with E-state index in [9.17, 15) is 18.4 Å². The summed E-state index contributed by atoms with van der Waals surface area (Å²) in [6.07, 6.45) is -0.359. The highest BCUT2D eigenvalue weighted by Crippen LogP contribution is 2.29. The molecule has 11 heteroatoms. The lowest BCUT2D eigenvalue weighted by Gasteiger charge is -2.06. The van der Waals surface area contributed by atoms with Gasteiger partial charge in [-0.15, -0.1) is 0 Å². The predicted octanol–water partition coefficient (Wildman–Crippen LogP) is 3.45. The van der Waals surface area contributed by atoms with Crippen LogP contribution < -0.4 is 5.73 Å². The third-order valence-electron chi connectivity index (χ3n) is 2.96. The number of anilines is 1. The third-order valence-corrected chi connectivity index (χ3v) is 2.96. The predicted molar refractivity (Wildman–Crippen MR) is 89.1 cm³/mol. The van der Waals surface area contributed by atoms with Crippen molar-refractivity contribution in [1.29, 1.82) is 5.26 Å². The summed E-state index contributed by atoms with van der Waals surface area (Å²) in [4.78, 5) is 20.0. The number of aliphatic carboxylic acids is 1. The van der Waals surface area contributed by atoms with Crippen LogP contribution in [-0.4, -0.2) is 32.2 Å². The fourth-order valence-electron chi connectivity index (χ4n) is 1.85. The number of carboxylic acids is 1. The molecule has 0 aliphatic carbocycles. The number of aromatic amines is 1. The fraction of sp³-hybridized carbons (Fsp3) is 0.125. The third kappa shape index (κ3) is 5.08. The van der Waals surface area contributed by atoms with E-state index in [1.807, 2.05) is 0 Å². The molecule has 0 aromatic carbocycles. The molecule has 0 aliphatic heterocycles. The van der Waals surface area contributed by atoms with Crippen molar-refractivity contribution in [3.05, 3.63) is 42.5 Å². The Balaban J connectivity index is 0.000000395. The van der Waals surface area contributed by atoms with Crippen LogP contribution in [0, 0.1) is 11.3 Å². The number of nitrogens with zero attached hydrogens (tertiary/aromatic N) is 3. The van der Waals surface area contributed by atoms with Crippen molar-refractivity contribution in [2.45, 2.75) is 13.6 Å². The van der Waals surface area contributed by atoms with Crippen molar-refractivity contribution in [2.75, 3.05) is 5.73 Å². The van der Waals surface area contributed by atoms with Crippen molar-refractivity contribution in [3.8, 4) is 28.8 Å². The first-order valence-electron chi connectivity index (χ1n) is 6.77. The normalized spacial score (nSPS) is 10.1. The minimum absolute atomic E-state index is 0. The molecule has 0 saturated carbocycles. The van der Waals surface area contributed by atoms with Gasteiger partial charge in [0.2, 0.25) is 0 Å². The molecule has 27 heavy (non-hydrogen) atoms. The van der Waals surface area contributed by atoms with Gasteiger partial charge in [-0.3, -0.25) is 0 Å². The van der Waals surface area contributed by atoms with Crippen molar-refractivity contribution in [3.63, 3.8) is 0 Å². The Labute approximate surface area is 151 Å². The zero-order valence-corrected chi connectivity index (χ0v) is 12.8. The number of nitriles is 1. The molecule has 0 atom stereocenters. The molecule has 3 heterocycles. The van der Waals surface area contributed by atoms with Gasteiger partial charge in [-0.05, 0) is 18.2 Å². The molecule has 8 nitrogen and oxygen atoms in total. The molecule has 0 saturated heterocycles. The van der Waals surface area contributed by atoms with Crippen LogP contribution in [0.2, 0.25) is 0 Å². The number of pyridine rings is 1. The van der Waals surface area contributed by atoms with Gasteiger partial charge in [-0.1, -0.05) is 7.43 Å². The largest absolute Gasteiger partial charge is 0.490 e. The molecule has 3 aromatic rings. The number of H-pyrrole nitrogens is 1. The van der Waals surface area contributed by atoms with E-state index < -0.39 is 12.1 Å². The zero-order chi connectivity index (χ0) is 19.3. The Morgan fingerprint density at radius 2 is 2.07 bits per heavy atom. The van der Waals surface area contributed by atoms with Gasteiger partial charge >= 0.3 is 12.1 Å². The summed E-state index contributed by atoms with van der Waals surface area (Å²) in [6.45, 7) is 0. The number of hydrogen-bond acceptors (Lipinski definition) is 6. The number of rotatable bonds is 2. The molecule has 0 radical (unpaired) electrons. The summed E-state index contributed by atoms with van der Waals surface area (Å²) in [6, 6.07) is 7.36. The van der Waals surface area contributed by atoms with Crippen molar-refractivity contribution >= 4 is 11.8 Å². The van der Waals surface area contributed by atoms with Crippen LogP contribution in [0.5, 0.6) is 0 Å². The smallest absolute Gasteiger partial charge is 0.475 e. The molecular weight excluding hydrogens is 367 g/mol. The number of furan rings is 1. The Kier molecular flexibility index (Phi) is 6.70. The minimum atomic E-state index is -5.08. The van der Waals surface area contributed by atoms with Gasteiger partial charge in [0.15, 0.2) is 5.76 Å². The SMILES string of the molecule is C.N#Cc1c(-c2cnc[nH]2)cc(-c2ccco2)nc1N.O=C(O)C(F)(F)F. The van der Waals surface area contributed by atoms with Gasteiger partial charge in [0.05, 0.1) is 24.5 Å². The van der Waals surface area contributed by atoms with Gasteiger partial charge in [-0.2, -0.15) is 18.4 Å². The van der Waals surface area contributed by atoms with Crippen molar-refractivity contribution in [1.82, 2.24) is 15.0 Å². The number of aromatic nitrogens is 3. The average Bonchev–Trinajstić information content (AvgIpc) is 3.27. The quantitative estimate of drug-likeness (QED) is 0.617. The summed E-state index contributed by atoms with van der Waals surface area (Å²) in [5, 5.41) is 16.3. The van der Waals surface area contributed by atoms with Crippen molar-refractivity contribution in [2.24, 2.45) is 0 Å². The number of nitrogens with one attached hydrogen (secondary N) is 1. The molecular formula is C16H14F3N5O3. The molecule has 0 aliphatic rings. The molecule has 3 rings (SSSR count). The fourth-order valence-corrected chi connectivity index (χ4v) is 1.85. The lowest BCUT2D eigenvalue weighted by molar-refractivity contribution is -0.192. The van der Waals surface area contributed by atoms with Crippen molar-refractivity contribution < 1.29 is 27.5 Å². The molecule has 0 amide bonds. The van der Waals surface area contributed by atoms with E-state index in [-0.39, 0.29) is 13.2 Å². The van der Waals surface area contributed by atoms with E-state index in [2.05, 4.69) is 21.0 Å². The number of hydrogen-bond donors (Lipinski definition) is 3. The summed E-state index contributed by atoms with van der Waals surface area (Å²) in [5.74, 6) is -1.99. The molecule has 0 unspecified atom stereocenters. The van der Waals surface area contributed by atoms with E-state index in [0.717, 1.165) is 0 Å². The van der Waals surface area contributed by atoms with Crippen LogP contribution in [0.15, 0.2) is 41.4 Å². The molecule has 142 valence electrons. The Bertz CT molecular complexity index is 930. The summed E-state index contributed by atoms with van der Waals surface area (Å²) in [7, 11) is 0. The second-order valence-corrected chi connectivity index (χ2v) is 4.67. The van der Waals surface area contributed by atoms with Crippen LogP contribution >= 0.6 is 0 Å². The van der Waals surface area contributed by atoms with Gasteiger partial charge in [0, 0.05) is 5.56 Å². The summed E-state index contributed by atoms with van der Waals surface area (Å²) in [5.41, 5.74) is 8.09. The second-order valence-electron chi connectivity index (χ2n) is 4.67. The zero-order valence-electron chi connectivity index (χ0n) is 12.8. The lowest BCUT2D eigenvalue weighted by atomic mass is 10.1. The maximum atomic E-state index is 10.6. The number of halogens is 3. The highest BCUT2D eigenvalue weighted by Gasteiger charge is 2.38. The first-order valence-corrected chi connectivity index (χ1v) is 6.77. The standard InChI is InChI=1S/C13H9N5O.C2HF3O2.CH4/c14-5-9-8(11-6-16-7-17-11)4-10(18-13(9)15)12-2-1-3-19-12;3-2(4,5)1(6)7;/h1-4,6-7H,(H2,15,18)(H,16,17);(H,6,7);1H4. The number of imidazole rings is 1. The molecule has 3 aromatic heterocycles. The van der Waals surface area contributed by atoms with E-state index in [4.69, 9.17) is 20.1 Å². The highest BCUT2D eigenvalue weighted by molar-refractivity contribution is 5.77. The Hall–Kier alpha value is -3.81. The van der Waals surface area contributed by atoms with Crippen LogP contribution in [0.3, 0.4) is 0 Å². The Morgan fingerprint density at radius 1 is 1.41 bits per heavy atom. The number of carbonyl (C=O) groups is 1. The lowest BCUT2D eigenvalue weighted by Crippen LogP contribution is -2.21. The minimum Gasteiger partial charge on any atom is -0.475 e. The average molecular weight is 381 g/mol. The topological polar surface area (TPSA) is 142 Å².